The molecule has 0 aromatic carbocycles. The normalized spacial score (nSPS) is 17.9. The highest BCUT2D eigenvalue weighted by atomic mass is 16.5. The fourth-order valence-corrected chi connectivity index (χ4v) is 2.27. The third-order valence-corrected chi connectivity index (χ3v) is 3.67. The molecule has 2 rings (SSSR count). The summed E-state index contributed by atoms with van der Waals surface area (Å²) in [6, 6.07) is 3.48. The monoisotopic (exact) mass is 266 g/mol. The topological polar surface area (TPSA) is 80.6 Å². The van der Waals surface area contributed by atoms with Crippen molar-refractivity contribution in [3.8, 4) is 0 Å². The van der Waals surface area contributed by atoms with Crippen LogP contribution >= 0.6 is 0 Å². The summed E-state index contributed by atoms with van der Waals surface area (Å²) < 4.78 is 6.89. The lowest BCUT2D eigenvalue weighted by molar-refractivity contribution is -0.154. The molecule has 104 valence electrons. The first kappa shape index (κ1) is 13.6. The van der Waals surface area contributed by atoms with Gasteiger partial charge in [-0.15, -0.1) is 0 Å². The highest BCUT2D eigenvalue weighted by Gasteiger charge is 2.40. The molecule has 1 aliphatic heterocycles. The van der Waals surface area contributed by atoms with E-state index in [2.05, 4.69) is 5.32 Å². The Bertz CT molecular complexity index is 475. The van der Waals surface area contributed by atoms with Crippen molar-refractivity contribution >= 4 is 11.9 Å². The number of ether oxygens (including phenoxy) is 1. The molecule has 19 heavy (non-hydrogen) atoms. The van der Waals surface area contributed by atoms with E-state index in [1.165, 1.54) is 0 Å². The minimum Gasteiger partial charge on any atom is -0.481 e. The molecule has 6 heteroatoms. The predicted molar refractivity (Wildman–Crippen MR) is 67.9 cm³/mol. The molecule has 0 atom stereocenters. The average Bonchev–Trinajstić information content (AvgIpc) is 2.83. The number of aryl methyl sites for hydroxylation is 1. The number of carbonyl (C=O) groups excluding carboxylic acids is 1. The number of carbonyl (C=O) groups is 2. The summed E-state index contributed by atoms with van der Waals surface area (Å²) in [6.45, 7) is 0.981. The summed E-state index contributed by atoms with van der Waals surface area (Å²) in [5.41, 5.74) is -0.383. The molecule has 2 N–H and O–H groups in total. The van der Waals surface area contributed by atoms with E-state index in [-0.39, 0.29) is 12.5 Å². The number of amides is 1. The molecule has 6 nitrogen and oxygen atoms in total. The van der Waals surface area contributed by atoms with Gasteiger partial charge in [-0.2, -0.15) is 0 Å². The van der Waals surface area contributed by atoms with Crippen LogP contribution in [0.25, 0.3) is 0 Å². The minimum absolute atomic E-state index is 0.135. The zero-order valence-corrected chi connectivity index (χ0v) is 10.9. The van der Waals surface area contributed by atoms with Gasteiger partial charge < -0.3 is 19.7 Å². The Morgan fingerprint density at radius 2 is 2.16 bits per heavy atom. The van der Waals surface area contributed by atoms with E-state index in [9.17, 15) is 14.7 Å². The van der Waals surface area contributed by atoms with Crippen LogP contribution in [0.2, 0.25) is 0 Å². The number of hydrogen-bond donors (Lipinski definition) is 2. The van der Waals surface area contributed by atoms with Gasteiger partial charge >= 0.3 is 5.97 Å². The van der Waals surface area contributed by atoms with Gasteiger partial charge in [0.2, 0.25) is 0 Å². The van der Waals surface area contributed by atoms with Crippen molar-refractivity contribution in [3.05, 3.63) is 24.0 Å². The van der Waals surface area contributed by atoms with E-state index in [0.717, 1.165) is 0 Å². The van der Waals surface area contributed by atoms with Crippen LogP contribution in [-0.4, -0.2) is 41.3 Å². The number of carboxylic acids is 1. The SMILES string of the molecule is Cn1cccc1C(=O)NCC1(C(=O)O)CCOCC1. The van der Waals surface area contributed by atoms with Crippen LogP contribution in [-0.2, 0) is 16.6 Å². The van der Waals surface area contributed by atoms with Gasteiger partial charge in [0.15, 0.2) is 0 Å². The molecule has 0 unspecified atom stereocenters. The first-order chi connectivity index (χ1) is 9.05. The third-order valence-electron chi connectivity index (χ3n) is 3.67. The summed E-state index contributed by atoms with van der Waals surface area (Å²) in [5.74, 6) is -1.12. The Morgan fingerprint density at radius 1 is 1.47 bits per heavy atom. The Hall–Kier alpha value is -1.82. The summed E-state index contributed by atoms with van der Waals surface area (Å²) in [5, 5.41) is 12.1. The van der Waals surface area contributed by atoms with Crippen LogP contribution in [0.3, 0.4) is 0 Å². The molecule has 1 aromatic rings. The maximum atomic E-state index is 12.0. The zero-order valence-electron chi connectivity index (χ0n) is 10.9. The molecule has 0 spiro atoms. The van der Waals surface area contributed by atoms with Gasteiger partial charge in [-0.05, 0) is 25.0 Å². The lowest BCUT2D eigenvalue weighted by Gasteiger charge is -2.33. The van der Waals surface area contributed by atoms with Crippen LogP contribution in [0.15, 0.2) is 18.3 Å². The van der Waals surface area contributed by atoms with E-state index in [0.29, 0.717) is 31.7 Å². The molecule has 1 amide bonds. The fraction of sp³-hybridized carbons (Fsp3) is 0.538. The maximum absolute atomic E-state index is 12.0. The van der Waals surface area contributed by atoms with Gasteiger partial charge in [-0.3, -0.25) is 9.59 Å². The van der Waals surface area contributed by atoms with Crippen molar-refractivity contribution in [2.75, 3.05) is 19.8 Å². The zero-order chi connectivity index (χ0) is 13.9. The Labute approximate surface area is 111 Å². The molecule has 2 heterocycles. The van der Waals surface area contributed by atoms with E-state index >= 15 is 0 Å². The van der Waals surface area contributed by atoms with Crippen molar-refractivity contribution < 1.29 is 19.4 Å². The average molecular weight is 266 g/mol. The molecule has 0 bridgehead atoms. The second-order valence-corrected chi connectivity index (χ2v) is 4.88. The van der Waals surface area contributed by atoms with E-state index in [4.69, 9.17) is 4.74 Å². The summed E-state index contributed by atoms with van der Waals surface area (Å²) in [4.78, 5) is 23.4. The third kappa shape index (κ3) is 2.78. The molecule has 1 aromatic heterocycles. The molecule has 1 saturated heterocycles. The second-order valence-electron chi connectivity index (χ2n) is 4.88. The van der Waals surface area contributed by atoms with Crippen molar-refractivity contribution in [2.45, 2.75) is 12.8 Å². The molecule has 0 radical (unpaired) electrons. The highest BCUT2D eigenvalue weighted by molar-refractivity contribution is 5.93. The van der Waals surface area contributed by atoms with Crippen molar-refractivity contribution in [1.82, 2.24) is 9.88 Å². The van der Waals surface area contributed by atoms with Gasteiger partial charge in [0.1, 0.15) is 5.69 Å². The Kier molecular flexibility index (Phi) is 3.90. The van der Waals surface area contributed by atoms with Gasteiger partial charge in [-0.25, -0.2) is 0 Å². The molecule has 0 saturated carbocycles. The largest absolute Gasteiger partial charge is 0.481 e. The summed E-state index contributed by atoms with van der Waals surface area (Å²) in [6.07, 6.45) is 2.63. The standard InChI is InChI=1S/C13H18N2O4/c1-15-6-2-3-10(15)11(16)14-9-13(12(17)18)4-7-19-8-5-13/h2-3,6H,4-5,7-9H2,1H3,(H,14,16)(H,17,18). The predicted octanol–water partition coefficient (Wildman–Crippen LogP) is 0.636. The lowest BCUT2D eigenvalue weighted by Crippen LogP contribution is -2.46. The number of nitrogens with one attached hydrogen (secondary N) is 1. The second kappa shape index (κ2) is 5.44. The molecular weight excluding hydrogens is 248 g/mol. The summed E-state index contributed by atoms with van der Waals surface area (Å²) >= 11 is 0. The van der Waals surface area contributed by atoms with Gasteiger partial charge in [0, 0.05) is 33.0 Å². The Morgan fingerprint density at radius 3 is 2.68 bits per heavy atom. The van der Waals surface area contributed by atoms with E-state index in [1.54, 1.807) is 29.9 Å². The van der Waals surface area contributed by atoms with Crippen LogP contribution in [0, 0.1) is 5.41 Å². The smallest absolute Gasteiger partial charge is 0.311 e. The number of aromatic nitrogens is 1. The Balaban J connectivity index is 2.02. The molecule has 1 fully saturated rings. The maximum Gasteiger partial charge on any atom is 0.311 e. The van der Waals surface area contributed by atoms with Crippen LogP contribution in [0.4, 0.5) is 0 Å². The van der Waals surface area contributed by atoms with E-state index in [1.807, 2.05) is 0 Å². The van der Waals surface area contributed by atoms with Gasteiger partial charge in [0.25, 0.3) is 5.91 Å². The quantitative estimate of drug-likeness (QED) is 0.838. The number of rotatable bonds is 4. The van der Waals surface area contributed by atoms with E-state index < -0.39 is 11.4 Å². The van der Waals surface area contributed by atoms with Crippen LogP contribution in [0.5, 0.6) is 0 Å². The van der Waals surface area contributed by atoms with Gasteiger partial charge in [-0.1, -0.05) is 0 Å². The number of carboxylic acid groups (broad SMARTS) is 1. The van der Waals surface area contributed by atoms with Crippen LogP contribution in [0.1, 0.15) is 23.3 Å². The lowest BCUT2D eigenvalue weighted by atomic mass is 9.80. The fourth-order valence-electron chi connectivity index (χ4n) is 2.27. The van der Waals surface area contributed by atoms with Crippen molar-refractivity contribution in [2.24, 2.45) is 12.5 Å². The highest BCUT2D eigenvalue weighted by Crippen LogP contribution is 2.30. The number of aliphatic carboxylic acids is 1. The molecular formula is C13H18N2O4. The number of nitrogens with zero attached hydrogens (tertiary/aromatic N) is 1. The van der Waals surface area contributed by atoms with Crippen molar-refractivity contribution in [1.29, 1.82) is 0 Å². The molecule has 1 aliphatic rings. The minimum atomic E-state index is -0.904. The van der Waals surface area contributed by atoms with Crippen LogP contribution < -0.4 is 5.32 Å². The first-order valence-electron chi connectivity index (χ1n) is 6.26. The van der Waals surface area contributed by atoms with Gasteiger partial charge in [0.05, 0.1) is 5.41 Å². The summed E-state index contributed by atoms with van der Waals surface area (Å²) in [7, 11) is 1.77. The molecule has 0 aliphatic carbocycles. The first-order valence-corrected chi connectivity index (χ1v) is 6.26. The number of hydrogen-bond acceptors (Lipinski definition) is 3. The van der Waals surface area contributed by atoms with Crippen molar-refractivity contribution in [3.63, 3.8) is 0 Å².